The second-order valence-electron chi connectivity index (χ2n) is 4.59. The third-order valence-electron chi connectivity index (χ3n) is 3.26. The minimum Gasteiger partial charge on any atom is -0.490 e. The van der Waals surface area contributed by atoms with E-state index in [0.717, 1.165) is 23.5 Å². The Labute approximate surface area is 111 Å². The van der Waals surface area contributed by atoms with Crippen LogP contribution in [0.1, 0.15) is 5.56 Å². The van der Waals surface area contributed by atoms with Crippen molar-refractivity contribution in [3.8, 4) is 5.75 Å². The number of halogens is 1. The standard InChI is InChI=1S/C15H15FN2O/c16-12-6-5-11(9-13(12)17)10-18-7-8-19-15-4-2-1-3-14(15)18/h1-6,9H,7-8,10,17H2. The van der Waals surface area contributed by atoms with E-state index >= 15 is 0 Å². The van der Waals surface area contributed by atoms with E-state index in [2.05, 4.69) is 4.90 Å². The summed E-state index contributed by atoms with van der Waals surface area (Å²) in [6, 6.07) is 12.8. The molecule has 3 nitrogen and oxygen atoms in total. The van der Waals surface area contributed by atoms with Gasteiger partial charge in [-0.05, 0) is 29.8 Å². The third kappa shape index (κ3) is 2.34. The predicted molar refractivity (Wildman–Crippen MR) is 73.8 cm³/mol. The number of anilines is 2. The summed E-state index contributed by atoms with van der Waals surface area (Å²) in [6.07, 6.45) is 0. The Morgan fingerprint density at radius 3 is 2.89 bits per heavy atom. The molecule has 2 N–H and O–H groups in total. The van der Waals surface area contributed by atoms with Crippen LogP contribution >= 0.6 is 0 Å². The molecule has 0 aromatic heterocycles. The van der Waals surface area contributed by atoms with E-state index in [1.165, 1.54) is 6.07 Å². The van der Waals surface area contributed by atoms with Crippen LogP contribution < -0.4 is 15.4 Å². The maximum absolute atomic E-state index is 13.2. The van der Waals surface area contributed by atoms with Crippen molar-refractivity contribution in [2.24, 2.45) is 0 Å². The van der Waals surface area contributed by atoms with Gasteiger partial charge in [-0.1, -0.05) is 18.2 Å². The van der Waals surface area contributed by atoms with Crippen LogP contribution in [0, 0.1) is 5.82 Å². The molecule has 0 unspecified atom stereocenters. The zero-order valence-corrected chi connectivity index (χ0v) is 10.5. The van der Waals surface area contributed by atoms with Crippen molar-refractivity contribution < 1.29 is 9.13 Å². The van der Waals surface area contributed by atoms with Crippen molar-refractivity contribution >= 4 is 11.4 Å². The zero-order valence-electron chi connectivity index (χ0n) is 10.5. The summed E-state index contributed by atoms with van der Waals surface area (Å²) in [6.45, 7) is 2.17. The lowest BCUT2D eigenvalue weighted by atomic mass is 10.1. The summed E-state index contributed by atoms with van der Waals surface area (Å²) < 4.78 is 18.8. The normalized spacial score (nSPS) is 13.8. The molecule has 0 bridgehead atoms. The molecule has 0 saturated carbocycles. The minimum absolute atomic E-state index is 0.194. The molecular formula is C15H15FN2O. The lowest BCUT2D eigenvalue weighted by Crippen LogP contribution is -2.32. The summed E-state index contributed by atoms with van der Waals surface area (Å²) >= 11 is 0. The zero-order chi connectivity index (χ0) is 13.2. The van der Waals surface area contributed by atoms with Gasteiger partial charge in [0.1, 0.15) is 18.2 Å². The fourth-order valence-corrected chi connectivity index (χ4v) is 2.30. The first-order valence-electron chi connectivity index (χ1n) is 6.25. The molecule has 0 aliphatic carbocycles. The van der Waals surface area contributed by atoms with Gasteiger partial charge in [0, 0.05) is 6.54 Å². The highest BCUT2D eigenvalue weighted by molar-refractivity contribution is 5.60. The Balaban J connectivity index is 1.86. The average molecular weight is 258 g/mol. The van der Waals surface area contributed by atoms with Gasteiger partial charge in [0.15, 0.2) is 0 Å². The Morgan fingerprint density at radius 2 is 2.05 bits per heavy atom. The first-order valence-corrected chi connectivity index (χ1v) is 6.25. The molecule has 0 radical (unpaired) electrons. The summed E-state index contributed by atoms with van der Waals surface area (Å²) in [4.78, 5) is 2.21. The summed E-state index contributed by atoms with van der Waals surface area (Å²) in [7, 11) is 0. The number of nitrogen functional groups attached to an aromatic ring is 1. The molecule has 98 valence electrons. The third-order valence-corrected chi connectivity index (χ3v) is 3.26. The van der Waals surface area contributed by atoms with Gasteiger partial charge in [-0.25, -0.2) is 4.39 Å². The molecule has 0 fully saturated rings. The Kier molecular flexibility index (Phi) is 2.99. The lowest BCUT2D eigenvalue weighted by molar-refractivity contribution is 0.307. The quantitative estimate of drug-likeness (QED) is 0.842. The van der Waals surface area contributed by atoms with Gasteiger partial charge in [-0.3, -0.25) is 0 Å². The number of benzene rings is 2. The molecule has 3 rings (SSSR count). The van der Waals surface area contributed by atoms with E-state index < -0.39 is 0 Å². The molecule has 0 atom stereocenters. The Morgan fingerprint density at radius 1 is 1.21 bits per heavy atom. The van der Waals surface area contributed by atoms with Crippen molar-refractivity contribution in [3.63, 3.8) is 0 Å². The van der Waals surface area contributed by atoms with Crippen LogP contribution in [0.5, 0.6) is 5.75 Å². The van der Waals surface area contributed by atoms with Gasteiger partial charge in [0.05, 0.1) is 17.9 Å². The van der Waals surface area contributed by atoms with Crippen LogP contribution in [0.25, 0.3) is 0 Å². The molecule has 0 amide bonds. The highest BCUT2D eigenvalue weighted by atomic mass is 19.1. The van der Waals surface area contributed by atoms with Crippen LogP contribution in [-0.4, -0.2) is 13.2 Å². The van der Waals surface area contributed by atoms with Crippen molar-refractivity contribution in [1.82, 2.24) is 0 Å². The highest BCUT2D eigenvalue weighted by Gasteiger charge is 2.17. The smallest absolute Gasteiger partial charge is 0.146 e. The largest absolute Gasteiger partial charge is 0.490 e. The van der Waals surface area contributed by atoms with Gasteiger partial charge in [-0.2, -0.15) is 0 Å². The van der Waals surface area contributed by atoms with Gasteiger partial charge < -0.3 is 15.4 Å². The van der Waals surface area contributed by atoms with Crippen LogP contribution in [0.2, 0.25) is 0 Å². The maximum atomic E-state index is 13.2. The number of nitrogens with zero attached hydrogens (tertiary/aromatic N) is 1. The SMILES string of the molecule is Nc1cc(CN2CCOc3ccccc32)ccc1F. The number of rotatable bonds is 2. The number of fused-ring (bicyclic) bond motifs is 1. The average Bonchev–Trinajstić information content (AvgIpc) is 2.43. The first-order chi connectivity index (χ1) is 9.24. The van der Waals surface area contributed by atoms with Crippen LogP contribution in [-0.2, 0) is 6.54 Å². The number of hydrogen-bond donors (Lipinski definition) is 1. The van der Waals surface area contributed by atoms with Crippen LogP contribution in [0.15, 0.2) is 42.5 Å². The van der Waals surface area contributed by atoms with E-state index in [-0.39, 0.29) is 11.5 Å². The molecule has 0 saturated heterocycles. The fourth-order valence-electron chi connectivity index (χ4n) is 2.30. The molecule has 1 heterocycles. The number of para-hydroxylation sites is 2. The molecule has 2 aromatic rings. The molecule has 0 spiro atoms. The van der Waals surface area contributed by atoms with Crippen molar-refractivity contribution in [1.29, 1.82) is 0 Å². The highest BCUT2D eigenvalue weighted by Crippen LogP contribution is 2.32. The van der Waals surface area contributed by atoms with Gasteiger partial charge in [0.25, 0.3) is 0 Å². The van der Waals surface area contributed by atoms with Crippen molar-refractivity contribution in [3.05, 3.63) is 53.8 Å². The lowest BCUT2D eigenvalue weighted by Gasteiger charge is -2.31. The fraction of sp³-hybridized carbons (Fsp3) is 0.200. The first kappa shape index (κ1) is 11.8. The van der Waals surface area contributed by atoms with Gasteiger partial charge >= 0.3 is 0 Å². The molecule has 4 heteroatoms. The predicted octanol–water partition coefficient (Wildman–Crippen LogP) is 2.81. The second kappa shape index (κ2) is 4.80. The van der Waals surface area contributed by atoms with E-state index in [4.69, 9.17) is 10.5 Å². The van der Waals surface area contributed by atoms with Crippen molar-refractivity contribution in [2.75, 3.05) is 23.8 Å². The molecule has 2 aromatic carbocycles. The molecule has 1 aliphatic rings. The minimum atomic E-state index is -0.369. The van der Waals surface area contributed by atoms with Gasteiger partial charge in [-0.15, -0.1) is 0 Å². The second-order valence-corrected chi connectivity index (χ2v) is 4.59. The number of ether oxygens (including phenoxy) is 1. The van der Waals surface area contributed by atoms with E-state index in [9.17, 15) is 4.39 Å². The summed E-state index contributed by atoms with van der Waals surface area (Å²) in [5.74, 6) is 0.523. The van der Waals surface area contributed by atoms with E-state index in [1.807, 2.05) is 24.3 Å². The molecule has 1 aliphatic heterocycles. The Hall–Kier alpha value is -2.23. The maximum Gasteiger partial charge on any atom is 0.146 e. The van der Waals surface area contributed by atoms with Crippen LogP contribution in [0.3, 0.4) is 0 Å². The van der Waals surface area contributed by atoms with Gasteiger partial charge in [0.2, 0.25) is 0 Å². The summed E-state index contributed by atoms with van der Waals surface area (Å²) in [5, 5.41) is 0. The Bertz CT molecular complexity index is 600. The number of nitrogens with two attached hydrogens (primary N) is 1. The monoisotopic (exact) mass is 258 g/mol. The van der Waals surface area contributed by atoms with E-state index in [0.29, 0.717) is 13.2 Å². The van der Waals surface area contributed by atoms with E-state index in [1.54, 1.807) is 12.1 Å². The van der Waals surface area contributed by atoms with Crippen LogP contribution in [0.4, 0.5) is 15.8 Å². The van der Waals surface area contributed by atoms with Crippen molar-refractivity contribution in [2.45, 2.75) is 6.54 Å². The summed E-state index contributed by atoms with van der Waals surface area (Å²) in [5.41, 5.74) is 7.86. The molecular weight excluding hydrogens is 243 g/mol. The molecule has 19 heavy (non-hydrogen) atoms. The number of hydrogen-bond acceptors (Lipinski definition) is 3. The topological polar surface area (TPSA) is 38.5 Å².